The highest BCUT2D eigenvalue weighted by molar-refractivity contribution is 5.76. The Balaban J connectivity index is 3.91. The van der Waals surface area contributed by atoms with Crippen LogP contribution in [0.25, 0.3) is 0 Å². The normalized spacial score (nSPS) is 14.3. The van der Waals surface area contributed by atoms with Gasteiger partial charge in [0.15, 0.2) is 0 Å². The molecule has 0 spiro atoms. The van der Waals surface area contributed by atoms with E-state index in [-0.39, 0.29) is 12.5 Å². The molecule has 0 bridgehead atoms. The summed E-state index contributed by atoms with van der Waals surface area (Å²) in [5.41, 5.74) is 0. The van der Waals surface area contributed by atoms with Crippen molar-refractivity contribution in [2.75, 3.05) is 6.61 Å². The first-order chi connectivity index (χ1) is 17.2. The van der Waals surface area contributed by atoms with Crippen molar-refractivity contribution in [3.63, 3.8) is 0 Å². The number of allylic oxidation sites excluding steroid dienone is 9. The van der Waals surface area contributed by atoms with Crippen molar-refractivity contribution in [1.29, 1.82) is 0 Å². The third-order valence-electron chi connectivity index (χ3n) is 5.73. The zero-order valence-electron chi connectivity index (χ0n) is 22.5. The van der Waals surface area contributed by atoms with E-state index in [1.54, 1.807) is 6.08 Å². The van der Waals surface area contributed by atoms with Gasteiger partial charge in [-0.3, -0.25) is 4.79 Å². The van der Waals surface area contributed by atoms with Crippen molar-refractivity contribution in [2.45, 2.75) is 122 Å². The molecule has 2 unspecified atom stereocenters. The molecule has 0 heterocycles. The van der Waals surface area contributed by atoms with Crippen LogP contribution in [0, 0.1) is 0 Å². The molecule has 1 amide bonds. The van der Waals surface area contributed by atoms with E-state index in [0.717, 1.165) is 44.9 Å². The molecule has 35 heavy (non-hydrogen) atoms. The topological polar surface area (TPSA) is 69.6 Å². The van der Waals surface area contributed by atoms with Crippen LogP contribution in [0.1, 0.15) is 110 Å². The molecule has 2 atom stereocenters. The van der Waals surface area contributed by atoms with E-state index < -0.39 is 12.1 Å². The van der Waals surface area contributed by atoms with Crippen molar-refractivity contribution < 1.29 is 15.0 Å². The first kappa shape index (κ1) is 33.1. The molecular formula is C31H53NO3. The van der Waals surface area contributed by atoms with Crippen LogP contribution in [0.5, 0.6) is 0 Å². The average molecular weight is 488 g/mol. The Hall–Kier alpha value is -1.91. The molecule has 0 aliphatic carbocycles. The summed E-state index contributed by atoms with van der Waals surface area (Å²) in [6.45, 7) is 4.09. The van der Waals surface area contributed by atoms with Gasteiger partial charge in [0, 0.05) is 6.42 Å². The SMILES string of the molecule is CC/C=C/CC/C=C/CC/C=C/C(O)C(CO)NC(=O)CC/C=C\C/C=C\CCCCCCCC. The van der Waals surface area contributed by atoms with Crippen molar-refractivity contribution in [2.24, 2.45) is 0 Å². The second-order valence-corrected chi connectivity index (χ2v) is 9.05. The third-order valence-corrected chi connectivity index (χ3v) is 5.73. The van der Waals surface area contributed by atoms with Crippen LogP contribution in [-0.2, 0) is 4.79 Å². The van der Waals surface area contributed by atoms with Crippen LogP contribution in [0.15, 0.2) is 60.8 Å². The molecule has 0 saturated heterocycles. The van der Waals surface area contributed by atoms with E-state index in [0.29, 0.717) is 12.8 Å². The van der Waals surface area contributed by atoms with Crippen molar-refractivity contribution >= 4 is 5.91 Å². The van der Waals surface area contributed by atoms with Crippen LogP contribution in [0.2, 0.25) is 0 Å². The third kappa shape index (κ3) is 23.6. The number of unbranched alkanes of at least 4 members (excludes halogenated alkanes) is 8. The summed E-state index contributed by atoms with van der Waals surface area (Å²) in [6, 6.07) is -0.673. The number of aliphatic hydroxyl groups excluding tert-OH is 2. The molecule has 0 radical (unpaired) electrons. The maximum atomic E-state index is 12.1. The molecule has 0 aliphatic rings. The number of aliphatic hydroxyl groups is 2. The molecule has 200 valence electrons. The van der Waals surface area contributed by atoms with E-state index in [4.69, 9.17) is 0 Å². The second kappa shape index (κ2) is 26.7. The molecule has 0 rings (SSSR count). The molecule has 0 aromatic carbocycles. The van der Waals surface area contributed by atoms with Gasteiger partial charge in [0.05, 0.1) is 18.8 Å². The maximum Gasteiger partial charge on any atom is 0.220 e. The number of nitrogens with one attached hydrogen (secondary N) is 1. The van der Waals surface area contributed by atoms with Gasteiger partial charge in [0.1, 0.15) is 0 Å². The van der Waals surface area contributed by atoms with Gasteiger partial charge in [-0.05, 0) is 57.8 Å². The maximum absolute atomic E-state index is 12.1. The lowest BCUT2D eigenvalue weighted by atomic mass is 10.1. The largest absolute Gasteiger partial charge is 0.394 e. The van der Waals surface area contributed by atoms with Crippen LogP contribution in [0.3, 0.4) is 0 Å². The first-order valence-electron chi connectivity index (χ1n) is 14.0. The lowest BCUT2D eigenvalue weighted by Crippen LogP contribution is -2.45. The predicted octanol–water partition coefficient (Wildman–Crippen LogP) is 7.50. The van der Waals surface area contributed by atoms with Gasteiger partial charge in [-0.15, -0.1) is 0 Å². The fourth-order valence-corrected chi connectivity index (χ4v) is 3.56. The smallest absolute Gasteiger partial charge is 0.220 e. The molecule has 4 heteroatoms. The summed E-state index contributed by atoms with van der Waals surface area (Å²) in [6.07, 6.45) is 35.9. The second-order valence-electron chi connectivity index (χ2n) is 9.05. The molecule has 0 fully saturated rings. The van der Waals surface area contributed by atoms with E-state index in [1.807, 2.05) is 12.2 Å². The van der Waals surface area contributed by atoms with Crippen LogP contribution >= 0.6 is 0 Å². The minimum Gasteiger partial charge on any atom is -0.394 e. The monoisotopic (exact) mass is 487 g/mol. The van der Waals surface area contributed by atoms with Crippen LogP contribution < -0.4 is 5.32 Å². The first-order valence-corrected chi connectivity index (χ1v) is 14.0. The van der Waals surface area contributed by atoms with E-state index >= 15 is 0 Å². The Morgan fingerprint density at radius 2 is 1.29 bits per heavy atom. The molecule has 4 nitrogen and oxygen atoms in total. The lowest BCUT2D eigenvalue weighted by molar-refractivity contribution is -0.122. The molecule has 0 saturated carbocycles. The highest BCUT2D eigenvalue weighted by Gasteiger charge is 2.17. The van der Waals surface area contributed by atoms with Gasteiger partial charge in [-0.1, -0.05) is 107 Å². The Kier molecular flexibility index (Phi) is 25.2. The summed E-state index contributed by atoms with van der Waals surface area (Å²) in [5.74, 6) is -0.153. The van der Waals surface area contributed by atoms with Gasteiger partial charge in [-0.2, -0.15) is 0 Å². The van der Waals surface area contributed by atoms with E-state index in [9.17, 15) is 15.0 Å². The Morgan fingerprint density at radius 1 is 0.714 bits per heavy atom. The number of carbonyl (C=O) groups is 1. The summed E-state index contributed by atoms with van der Waals surface area (Å²) in [5, 5.41) is 22.5. The predicted molar refractivity (Wildman–Crippen MR) is 151 cm³/mol. The molecule has 0 aromatic heterocycles. The van der Waals surface area contributed by atoms with Gasteiger partial charge >= 0.3 is 0 Å². The zero-order chi connectivity index (χ0) is 25.8. The number of carbonyl (C=O) groups excluding carboxylic acids is 1. The van der Waals surface area contributed by atoms with Gasteiger partial charge in [0.2, 0.25) is 5.91 Å². The van der Waals surface area contributed by atoms with Crippen molar-refractivity contribution in [1.82, 2.24) is 5.32 Å². The summed E-state index contributed by atoms with van der Waals surface area (Å²) in [7, 11) is 0. The fraction of sp³-hybridized carbons (Fsp3) is 0.645. The van der Waals surface area contributed by atoms with Gasteiger partial charge in [-0.25, -0.2) is 0 Å². The Bertz CT molecular complexity index is 619. The highest BCUT2D eigenvalue weighted by Crippen LogP contribution is 2.07. The Labute approximate surface area is 216 Å². The minimum atomic E-state index is -0.889. The summed E-state index contributed by atoms with van der Waals surface area (Å²) >= 11 is 0. The minimum absolute atomic E-state index is 0.153. The van der Waals surface area contributed by atoms with E-state index in [1.165, 1.54) is 38.5 Å². The average Bonchev–Trinajstić information content (AvgIpc) is 2.86. The molecule has 0 aliphatic heterocycles. The number of hydrogen-bond acceptors (Lipinski definition) is 3. The quantitative estimate of drug-likeness (QED) is 0.103. The molecule has 0 aromatic rings. The number of hydrogen-bond donors (Lipinski definition) is 3. The van der Waals surface area contributed by atoms with Gasteiger partial charge in [0.25, 0.3) is 0 Å². The number of rotatable bonds is 23. The van der Waals surface area contributed by atoms with Crippen molar-refractivity contribution in [3.05, 3.63) is 60.8 Å². The fourth-order valence-electron chi connectivity index (χ4n) is 3.56. The molecular weight excluding hydrogens is 434 g/mol. The van der Waals surface area contributed by atoms with Gasteiger partial charge < -0.3 is 15.5 Å². The summed E-state index contributed by atoms with van der Waals surface area (Å²) in [4.78, 5) is 12.1. The highest BCUT2D eigenvalue weighted by atomic mass is 16.3. The zero-order valence-corrected chi connectivity index (χ0v) is 22.5. The van der Waals surface area contributed by atoms with E-state index in [2.05, 4.69) is 61.7 Å². The summed E-state index contributed by atoms with van der Waals surface area (Å²) < 4.78 is 0. The Morgan fingerprint density at radius 3 is 1.94 bits per heavy atom. The molecule has 3 N–H and O–H groups in total. The lowest BCUT2D eigenvalue weighted by Gasteiger charge is -2.19. The standard InChI is InChI=1S/C31H53NO3/c1-3-5-7-9-11-13-15-16-17-19-21-23-25-27-31(35)32-29(28-33)30(34)26-24-22-20-18-14-12-10-8-6-4-2/h6,8,14,16-18,21,23-24,26,29-30,33-34H,3-5,7,9-13,15,19-20,22,25,27-28H2,1-2H3,(H,32,35)/b8-6+,17-16-,18-14+,23-21-,26-24+. The van der Waals surface area contributed by atoms with Crippen molar-refractivity contribution in [3.8, 4) is 0 Å². The van der Waals surface area contributed by atoms with Crippen LogP contribution in [-0.4, -0.2) is 34.9 Å². The van der Waals surface area contributed by atoms with Crippen LogP contribution in [0.4, 0.5) is 0 Å². The number of amides is 1.